The summed E-state index contributed by atoms with van der Waals surface area (Å²) in [6.07, 6.45) is 2.84. The molecule has 1 aromatic carbocycles. The average molecular weight is 364 g/mol. The van der Waals surface area contributed by atoms with Gasteiger partial charge in [-0.2, -0.15) is 5.10 Å². The van der Waals surface area contributed by atoms with E-state index in [2.05, 4.69) is 58.5 Å². The lowest BCUT2D eigenvalue weighted by molar-refractivity contribution is -0.124. The first-order valence-electron chi connectivity index (χ1n) is 9.95. The standard InChI is InChI=1S/C22H28N4O/c1-15(2)17-5-7-18(8-6-17)22(11-12-22)21(27)23-19-10-13-26(14-19)20-9-4-16(3)24-25-20/h4-9,15,19H,10-14H2,1-3H3,(H,23,27)/t19-/m0/s1. The maximum atomic E-state index is 13.0. The summed E-state index contributed by atoms with van der Waals surface area (Å²) in [4.78, 5) is 15.2. The highest BCUT2D eigenvalue weighted by Crippen LogP contribution is 2.48. The highest BCUT2D eigenvalue weighted by Gasteiger charge is 2.51. The molecule has 1 amide bonds. The second-order valence-electron chi connectivity index (χ2n) is 8.30. The van der Waals surface area contributed by atoms with E-state index in [1.54, 1.807) is 0 Å². The molecule has 0 unspecified atom stereocenters. The van der Waals surface area contributed by atoms with Crippen LogP contribution in [0.25, 0.3) is 0 Å². The van der Waals surface area contributed by atoms with E-state index in [1.165, 1.54) is 5.56 Å². The SMILES string of the molecule is Cc1ccc(N2CC[C@H](NC(=O)C3(c4ccc(C(C)C)cc4)CC3)C2)nn1. The van der Waals surface area contributed by atoms with Crippen LogP contribution >= 0.6 is 0 Å². The van der Waals surface area contributed by atoms with Gasteiger partial charge in [0.05, 0.1) is 11.1 Å². The summed E-state index contributed by atoms with van der Waals surface area (Å²) in [6, 6.07) is 12.8. The van der Waals surface area contributed by atoms with Crippen molar-refractivity contribution in [3.8, 4) is 0 Å². The van der Waals surface area contributed by atoms with Crippen molar-refractivity contribution in [2.75, 3.05) is 18.0 Å². The van der Waals surface area contributed by atoms with Gasteiger partial charge in [-0.25, -0.2) is 0 Å². The molecule has 142 valence electrons. The van der Waals surface area contributed by atoms with Crippen molar-refractivity contribution in [1.82, 2.24) is 15.5 Å². The lowest BCUT2D eigenvalue weighted by Crippen LogP contribution is -2.43. The number of aromatic nitrogens is 2. The monoisotopic (exact) mass is 364 g/mol. The van der Waals surface area contributed by atoms with Crippen molar-refractivity contribution in [1.29, 1.82) is 0 Å². The Morgan fingerprint density at radius 3 is 2.48 bits per heavy atom. The van der Waals surface area contributed by atoms with Crippen LogP contribution in [-0.2, 0) is 10.2 Å². The molecule has 1 aliphatic heterocycles. The van der Waals surface area contributed by atoms with Gasteiger partial charge in [0.1, 0.15) is 0 Å². The number of carbonyl (C=O) groups is 1. The third-order valence-corrected chi connectivity index (χ3v) is 5.95. The second-order valence-corrected chi connectivity index (χ2v) is 8.30. The number of nitrogens with zero attached hydrogens (tertiary/aromatic N) is 3. The van der Waals surface area contributed by atoms with Crippen molar-refractivity contribution in [2.45, 2.75) is 57.4 Å². The fourth-order valence-electron chi connectivity index (χ4n) is 3.93. The summed E-state index contributed by atoms with van der Waals surface area (Å²) in [6.45, 7) is 8.02. The van der Waals surface area contributed by atoms with Gasteiger partial charge in [0.15, 0.2) is 5.82 Å². The lowest BCUT2D eigenvalue weighted by atomic mass is 9.92. The third-order valence-electron chi connectivity index (χ3n) is 5.95. The molecule has 1 aromatic heterocycles. The van der Waals surface area contributed by atoms with Gasteiger partial charge in [0.2, 0.25) is 5.91 Å². The number of benzene rings is 1. The zero-order chi connectivity index (χ0) is 19.0. The zero-order valence-electron chi connectivity index (χ0n) is 16.4. The van der Waals surface area contributed by atoms with Crippen molar-refractivity contribution in [3.63, 3.8) is 0 Å². The maximum absolute atomic E-state index is 13.0. The van der Waals surface area contributed by atoms with E-state index in [1.807, 2.05) is 19.1 Å². The molecule has 2 fully saturated rings. The van der Waals surface area contributed by atoms with Crippen LogP contribution in [0.15, 0.2) is 36.4 Å². The van der Waals surface area contributed by atoms with Gasteiger partial charge in [0, 0.05) is 19.1 Å². The number of nitrogens with one attached hydrogen (secondary N) is 1. The van der Waals surface area contributed by atoms with Crippen molar-refractivity contribution in [3.05, 3.63) is 53.2 Å². The highest BCUT2D eigenvalue weighted by atomic mass is 16.2. The summed E-state index contributed by atoms with van der Waals surface area (Å²) in [5.74, 6) is 1.58. The summed E-state index contributed by atoms with van der Waals surface area (Å²) < 4.78 is 0. The number of hydrogen-bond donors (Lipinski definition) is 1. The molecule has 5 heteroatoms. The number of carbonyl (C=O) groups excluding carboxylic acids is 1. The molecule has 27 heavy (non-hydrogen) atoms. The molecule has 1 aliphatic carbocycles. The molecule has 1 saturated heterocycles. The predicted molar refractivity (Wildman–Crippen MR) is 107 cm³/mol. The molecular weight excluding hydrogens is 336 g/mol. The number of hydrogen-bond acceptors (Lipinski definition) is 4. The van der Waals surface area contributed by atoms with E-state index in [0.29, 0.717) is 5.92 Å². The lowest BCUT2D eigenvalue weighted by Gasteiger charge is -2.21. The fourth-order valence-corrected chi connectivity index (χ4v) is 3.93. The van der Waals surface area contributed by atoms with Crippen molar-refractivity contribution >= 4 is 11.7 Å². The van der Waals surface area contributed by atoms with Crippen molar-refractivity contribution < 1.29 is 4.79 Å². The summed E-state index contributed by atoms with van der Waals surface area (Å²) in [5.41, 5.74) is 3.08. The van der Waals surface area contributed by atoms with Gasteiger partial charge in [0.25, 0.3) is 0 Å². The molecule has 1 N–H and O–H groups in total. The Balaban J connectivity index is 1.40. The van der Waals surface area contributed by atoms with Crippen LogP contribution in [0.5, 0.6) is 0 Å². The third kappa shape index (κ3) is 3.55. The van der Waals surface area contributed by atoms with Crippen LogP contribution in [0, 0.1) is 6.92 Å². The molecule has 0 bridgehead atoms. The number of rotatable bonds is 5. The van der Waals surface area contributed by atoms with Gasteiger partial charge >= 0.3 is 0 Å². The number of aryl methyl sites for hydroxylation is 1. The Bertz CT molecular complexity index is 809. The van der Waals surface area contributed by atoms with Crippen LogP contribution in [0.1, 0.15) is 55.8 Å². The molecular formula is C22H28N4O. The van der Waals surface area contributed by atoms with Gasteiger partial charge in [-0.05, 0) is 55.4 Å². The second kappa shape index (κ2) is 6.95. The van der Waals surface area contributed by atoms with E-state index < -0.39 is 0 Å². The summed E-state index contributed by atoms with van der Waals surface area (Å²) in [7, 11) is 0. The summed E-state index contributed by atoms with van der Waals surface area (Å²) in [5, 5.41) is 11.7. The van der Waals surface area contributed by atoms with Crippen LogP contribution in [0.2, 0.25) is 0 Å². The minimum absolute atomic E-state index is 0.174. The minimum Gasteiger partial charge on any atom is -0.353 e. The molecule has 2 aromatic rings. The molecule has 2 aliphatic rings. The molecule has 0 radical (unpaired) electrons. The topological polar surface area (TPSA) is 58.1 Å². The average Bonchev–Trinajstić information content (AvgIpc) is 3.36. The zero-order valence-corrected chi connectivity index (χ0v) is 16.4. The number of anilines is 1. The maximum Gasteiger partial charge on any atom is 0.230 e. The van der Waals surface area contributed by atoms with E-state index >= 15 is 0 Å². The van der Waals surface area contributed by atoms with E-state index in [9.17, 15) is 4.79 Å². The normalized spacial score (nSPS) is 20.7. The van der Waals surface area contributed by atoms with Gasteiger partial charge < -0.3 is 10.2 Å². The molecule has 1 atom stereocenters. The Labute approximate surface area is 161 Å². The first kappa shape index (κ1) is 18.0. The smallest absolute Gasteiger partial charge is 0.230 e. The van der Waals surface area contributed by atoms with E-state index in [4.69, 9.17) is 0 Å². The number of amides is 1. The molecule has 4 rings (SSSR count). The largest absolute Gasteiger partial charge is 0.353 e. The van der Waals surface area contributed by atoms with E-state index in [-0.39, 0.29) is 17.4 Å². The Kier molecular flexibility index (Phi) is 4.62. The molecule has 1 saturated carbocycles. The first-order chi connectivity index (χ1) is 13.0. The van der Waals surface area contributed by atoms with Crippen LogP contribution < -0.4 is 10.2 Å². The highest BCUT2D eigenvalue weighted by molar-refractivity contribution is 5.91. The van der Waals surface area contributed by atoms with Crippen LogP contribution in [0.3, 0.4) is 0 Å². The molecule has 2 heterocycles. The van der Waals surface area contributed by atoms with Crippen molar-refractivity contribution in [2.24, 2.45) is 0 Å². The predicted octanol–water partition coefficient (Wildman–Crippen LogP) is 3.34. The van der Waals surface area contributed by atoms with E-state index in [0.717, 1.165) is 49.4 Å². The minimum atomic E-state index is -0.313. The quantitative estimate of drug-likeness (QED) is 0.884. The van der Waals surface area contributed by atoms with Crippen LogP contribution in [-0.4, -0.2) is 35.2 Å². The van der Waals surface area contributed by atoms with Gasteiger partial charge in [-0.15, -0.1) is 5.10 Å². The Morgan fingerprint density at radius 2 is 1.89 bits per heavy atom. The Hall–Kier alpha value is -2.43. The van der Waals surface area contributed by atoms with Gasteiger partial charge in [-0.1, -0.05) is 38.1 Å². The molecule has 0 spiro atoms. The Morgan fingerprint density at radius 1 is 1.15 bits per heavy atom. The van der Waals surface area contributed by atoms with Crippen LogP contribution in [0.4, 0.5) is 5.82 Å². The molecule has 5 nitrogen and oxygen atoms in total. The first-order valence-corrected chi connectivity index (χ1v) is 9.95. The summed E-state index contributed by atoms with van der Waals surface area (Å²) >= 11 is 0. The van der Waals surface area contributed by atoms with Gasteiger partial charge in [-0.3, -0.25) is 4.79 Å². The fraction of sp³-hybridized carbons (Fsp3) is 0.500.